The van der Waals surface area contributed by atoms with E-state index >= 15 is 0 Å². The van der Waals surface area contributed by atoms with Crippen LogP contribution in [0.5, 0.6) is 5.75 Å². The number of nitrogens with one attached hydrogen (secondary N) is 1. The summed E-state index contributed by atoms with van der Waals surface area (Å²) in [6, 6.07) is 14.2. The van der Waals surface area contributed by atoms with Crippen molar-refractivity contribution in [3.05, 3.63) is 54.1 Å². The maximum Gasteiger partial charge on any atom is 0.261 e. The normalized spacial score (nSPS) is 10.6. The fourth-order valence-electron chi connectivity index (χ4n) is 1.58. The molecule has 0 radical (unpaired) electrons. The van der Waals surface area contributed by atoms with Gasteiger partial charge in [-0.05, 0) is 48.5 Å². The average molecular weight is 288 g/mol. The Morgan fingerprint density at radius 3 is 2.15 bits per heavy atom. The molecule has 0 aromatic heterocycles. The SMILES string of the molecule is COc1ccc(NS(=O)(=O)c2ccc(C#N)cc2)cc1. The molecule has 0 bridgehead atoms. The number of benzene rings is 2. The minimum Gasteiger partial charge on any atom is -0.497 e. The molecule has 0 spiro atoms. The lowest BCUT2D eigenvalue weighted by Crippen LogP contribution is -2.12. The van der Waals surface area contributed by atoms with Gasteiger partial charge >= 0.3 is 0 Å². The molecule has 1 N–H and O–H groups in total. The lowest BCUT2D eigenvalue weighted by molar-refractivity contribution is 0.415. The van der Waals surface area contributed by atoms with Crippen molar-refractivity contribution in [3.8, 4) is 11.8 Å². The Bertz CT molecular complexity index is 729. The molecule has 0 aliphatic rings. The number of sulfonamides is 1. The minimum absolute atomic E-state index is 0.104. The average Bonchev–Trinajstić information content (AvgIpc) is 2.48. The molecule has 0 unspecified atom stereocenters. The van der Waals surface area contributed by atoms with Gasteiger partial charge in [0.05, 0.1) is 23.6 Å². The molecule has 0 saturated heterocycles. The van der Waals surface area contributed by atoms with Gasteiger partial charge < -0.3 is 4.74 Å². The van der Waals surface area contributed by atoms with Crippen molar-refractivity contribution in [2.75, 3.05) is 11.8 Å². The number of nitriles is 1. The van der Waals surface area contributed by atoms with Gasteiger partial charge in [-0.25, -0.2) is 8.42 Å². The number of nitrogens with zero attached hydrogens (tertiary/aromatic N) is 1. The first-order chi connectivity index (χ1) is 9.55. The van der Waals surface area contributed by atoms with Crippen molar-refractivity contribution in [2.45, 2.75) is 4.90 Å². The molecule has 2 rings (SSSR count). The fraction of sp³-hybridized carbons (Fsp3) is 0.0714. The fourth-order valence-corrected chi connectivity index (χ4v) is 2.64. The summed E-state index contributed by atoms with van der Waals surface area (Å²) < 4.78 is 31.7. The monoisotopic (exact) mass is 288 g/mol. The van der Waals surface area contributed by atoms with E-state index in [0.717, 1.165) is 0 Å². The van der Waals surface area contributed by atoms with Crippen molar-refractivity contribution in [1.82, 2.24) is 0 Å². The third kappa shape index (κ3) is 3.08. The predicted molar refractivity (Wildman–Crippen MR) is 75.0 cm³/mol. The molecule has 102 valence electrons. The summed E-state index contributed by atoms with van der Waals surface area (Å²) in [5, 5.41) is 8.69. The molecule has 0 aliphatic carbocycles. The molecular formula is C14H12N2O3S. The Hall–Kier alpha value is -2.52. The van der Waals surface area contributed by atoms with Gasteiger partial charge in [0.25, 0.3) is 10.0 Å². The van der Waals surface area contributed by atoms with Gasteiger partial charge in [0.1, 0.15) is 5.75 Å². The molecule has 2 aromatic carbocycles. The summed E-state index contributed by atoms with van der Waals surface area (Å²) in [6.45, 7) is 0. The lowest BCUT2D eigenvalue weighted by Gasteiger charge is -2.08. The Labute approximate surface area is 117 Å². The Kier molecular flexibility index (Phi) is 3.91. The summed E-state index contributed by atoms with van der Waals surface area (Å²) in [7, 11) is -2.12. The highest BCUT2D eigenvalue weighted by atomic mass is 32.2. The molecule has 0 saturated carbocycles. The van der Waals surface area contributed by atoms with Crippen LogP contribution in [-0.4, -0.2) is 15.5 Å². The van der Waals surface area contributed by atoms with Crippen LogP contribution >= 0.6 is 0 Å². The smallest absolute Gasteiger partial charge is 0.261 e. The highest BCUT2D eigenvalue weighted by Gasteiger charge is 2.13. The van der Waals surface area contributed by atoms with Gasteiger partial charge in [0.2, 0.25) is 0 Å². The van der Waals surface area contributed by atoms with Crippen molar-refractivity contribution in [3.63, 3.8) is 0 Å². The highest BCUT2D eigenvalue weighted by Crippen LogP contribution is 2.19. The van der Waals surface area contributed by atoms with E-state index in [9.17, 15) is 8.42 Å². The van der Waals surface area contributed by atoms with Crippen molar-refractivity contribution < 1.29 is 13.2 Å². The molecule has 0 atom stereocenters. The third-order valence-corrected chi connectivity index (χ3v) is 4.03. The highest BCUT2D eigenvalue weighted by molar-refractivity contribution is 7.92. The minimum atomic E-state index is -3.66. The van der Waals surface area contributed by atoms with Crippen LogP contribution in [-0.2, 0) is 10.0 Å². The van der Waals surface area contributed by atoms with Crippen LogP contribution < -0.4 is 9.46 Å². The van der Waals surface area contributed by atoms with Crippen LogP contribution in [0.2, 0.25) is 0 Å². The van der Waals surface area contributed by atoms with Gasteiger partial charge in [-0.2, -0.15) is 5.26 Å². The van der Waals surface area contributed by atoms with Crippen molar-refractivity contribution >= 4 is 15.7 Å². The molecule has 20 heavy (non-hydrogen) atoms. The van der Waals surface area contributed by atoms with E-state index in [1.807, 2.05) is 6.07 Å². The second-order valence-electron chi connectivity index (χ2n) is 3.97. The standard InChI is InChI=1S/C14H12N2O3S/c1-19-13-6-4-12(5-7-13)16-20(17,18)14-8-2-11(10-15)3-9-14/h2-9,16H,1H3. The van der Waals surface area contributed by atoms with Gasteiger partial charge in [0.15, 0.2) is 0 Å². The first-order valence-electron chi connectivity index (χ1n) is 5.72. The number of anilines is 1. The molecule has 5 nitrogen and oxygen atoms in total. The molecular weight excluding hydrogens is 276 g/mol. The number of hydrogen-bond donors (Lipinski definition) is 1. The molecule has 0 aliphatic heterocycles. The summed E-state index contributed by atoms with van der Waals surface area (Å²) >= 11 is 0. The van der Waals surface area contributed by atoms with E-state index in [1.54, 1.807) is 24.3 Å². The van der Waals surface area contributed by atoms with E-state index < -0.39 is 10.0 Å². The zero-order valence-electron chi connectivity index (χ0n) is 10.7. The molecule has 0 fully saturated rings. The zero-order chi connectivity index (χ0) is 14.6. The molecule has 2 aromatic rings. The van der Waals surface area contributed by atoms with Crippen LogP contribution in [0.25, 0.3) is 0 Å². The molecule has 0 heterocycles. The van der Waals surface area contributed by atoms with Crippen LogP contribution in [0.4, 0.5) is 5.69 Å². The summed E-state index contributed by atoms with van der Waals surface area (Å²) in [6.07, 6.45) is 0. The van der Waals surface area contributed by atoms with E-state index in [2.05, 4.69) is 4.72 Å². The van der Waals surface area contributed by atoms with Crippen molar-refractivity contribution in [2.24, 2.45) is 0 Å². The number of ether oxygens (including phenoxy) is 1. The third-order valence-electron chi connectivity index (χ3n) is 2.64. The van der Waals surface area contributed by atoms with Crippen LogP contribution in [0, 0.1) is 11.3 Å². The first-order valence-corrected chi connectivity index (χ1v) is 7.20. The Morgan fingerprint density at radius 1 is 1.05 bits per heavy atom. The number of hydrogen-bond acceptors (Lipinski definition) is 4. The topological polar surface area (TPSA) is 79.2 Å². The van der Waals surface area contributed by atoms with E-state index in [0.29, 0.717) is 17.0 Å². The summed E-state index contributed by atoms with van der Waals surface area (Å²) in [5.74, 6) is 0.645. The van der Waals surface area contributed by atoms with E-state index in [-0.39, 0.29) is 4.90 Å². The van der Waals surface area contributed by atoms with E-state index in [1.165, 1.54) is 31.4 Å². The number of rotatable bonds is 4. The number of methoxy groups -OCH3 is 1. The van der Waals surface area contributed by atoms with Gasteiger partial charge in [-0.15, -0.1) is 0 Å². The predicted octanol–water partition coefficient (Wildman–Crippen LogP) is 2.37. The second-order valence-corrected chi connectivity index (χ2v) is 5.65. The maximum atomic E-state index is 12.1. The molecule has 6 heteroatoms. The molecule has 0 amide bonds. The van der Waals surface area contributed by atoms with Crippen LogP contribution in [0.3, 0.4) is 0 Å². The van der Waals surface area contributed by atoms with Gasteiger partial charge in [-0.1, -0.05) is 0 Å². The Balaban J connectivity index is 2.23. The van der Waals surface area contributed by atoms with Crippen molar-refractivity contribution in [1.29, 1.82) is 5.26 Å². The summed E-state index contributed by atoms with van der Waals surface area (Å²) in [5.41, 5.74) is 0.851. The zero-order valence-corrected chi connectivity index (χ0v) is 11.5. The van der Waals surface area contributed by atoms with Gasteiger partial charge in [-0.3, -0.25) is 4.72 Å². The van der Waals surface area contributed by atoms with Crippen LogP contribution in [0.1, 0.15) is 5.56 Å². The second kappa shape index (κ2) is 5.63. The first kappa shape index (κ1) is 13.9. The lowest BCUT2D eigenvalue weighted by atomic mass is 10.2. The quantitative estimate of drug-likeness (QED) is 0.936. The van der Waals surface area contributed by atoms with Crippen LogP contribution in [0.15, 0.2) is 53.4 Å². The van der Waals surface area contributed by atoms with Gasteiger partial charge in [0, 0.05) is 5.69 Å². The maximum absolute atomic E-state index is 12.1. The largest absolute Gasteiger partial charge is 0.497 e. The van der Waals surface area contributed by atoms with E-state index in [4.69, 9.17) is 10.00 Å². The summed E-state index contributed by atoms with van der Waals surface area (Å²) in [4.78, 5) is 0.104. The Morgan fingerprint density at radius 2 is 1.65 bits per heavy atom.